The van der Waals surface area contributed by atoms with Crippen molar-refractivity contribution in [1.29, 1.82) is 0 Å². The Morgan fingerprint density at radius 1 is 1.18 bits per heavy atom. The summed E-state index contributed by atoms with van der Waals surface area (Å²) in [6, 6.07) is 5.78. The van der Waals surface area contributed by atoms with Crippen molar-refractivity contribution in [3.05, 3.63) is 46.2 Å². The lowest BCUT2D eigenvalue weighted by Gasteiger charge is -2.11. The highest BCUT2D eigenvalue weighted by atomic mass is 35.5. The second kappa shape index (κ2) is 6.78. The Kier molecular flexibility index (Phi) is 5.23. The normalized spacial score (nSPS) is 11.5. The molecule has 0 saturated carbocycles. The molecule has 0 aliphatic heterocycles. The van der Waals surface area contributed by atoms with Crippen LogP contribution in [0.3, 0.4) is 0 Å². The number of rotatable bonds is 5. The monoisotopic (exact) mass is 360 g/mol. The van der Waals surface area contributed by atoms with E-state index < -0.39 is 10.0 Å². The summed E-state index contributed by atoms with van der Waals surface area (Å²) in [6.45, 7) is 0.0375. The van der Waals surface area contributed by atoms with E-state index in [0.717, 1.165) is 0 Å². The molecular weight excluding hydrogens is 347 g/mol. The maximum Gasteiger partial charge on any atom is 0.241 e. The molecule has 1 aromatic carbocycles. The molecule has 0 bridgehead atoms. The topological polar surface area (TPSA) is 75.2 Å². The Morgan fingerprint density at radius 2 is 1.82 bits per heavy atom. The summed E-state index contributed by atoms with van der Waals surface area (Å²) in [5.41, 5.74) is 0.551. The van der Waals surface area contributed by atoms with E-state index in [4.69, 9.17) is 23.2 Å². The van der Waals surface area contributed by atoms with E-state index in [2.05, 4.69) is 14.7 Å². The van der Waals surface area contributed by atoms with Gasteiger partial charge in [0.05, 0.1) is 17.1 Å². The van der Waals surface area contributed by atoms with Gasteiger partial charge in [-0.3, -0.25) is 0 Å². The molecule has 0 fully saturated rings. The summed E-state index contributed by atoms with van der Waals surface area (Å²) in [4.78, 5) is 10.0. The fourth-order valence-corrected chi connectivity index (χ4v) is 3.36. The van der Waals surface area contributed by atoms with Crippen molar-refractivity contribution >= 4 is 39.2 Å². The first-order valence-electron chi connectivity index (χ1n) is 6.23. The van der Waals surface area contributed by atoms with Crippen LogP contribution in [0.15, 0.2) is 35.4 Å². The van der Waals surface area contributed by atoms with Crippen LogP contribution in [0.25, 0.3) is 0 Å². The maximum atomic E-state index is 12.2. The van der Waals surface area contributed by atoms with Gasteiger partial charge in [-0.1, -0.05) is 23.2 Å². The lowest BCUT2D eigenvalue weighted by atomic mass is 10.4. The highest BCUT2D eigenvalue weighted by molar-refractivity contribution is 7.89. The van der Waals surface area contributed by atoms with Crippen molar-refractivity contribution in [3.63, 3.8) is 0 Å². The number of hydrogen-bond acceptors (Lipinski definition) is 5. The van der Waals surface area contributed by atoms with E-state index in [0.29, 0.717) is 11.6 Å². The molecule has 118 valence electrons. The van der Waals surface area contributed by atoms with Gasteiger partial charge in [0.15, 0.2) is 0 Å². The highest BCUT2D eigenvalue weighted by Gasteiger charge is 2.16. The number of aromatic nitrogens is 2. The molecule has 9 heteroatoms. The van der Waals surface area contributed by atoms with Gasteiger partial charge in [-0.25, -0.2) is 23.1 Å². The van der Waals surface area contributed by atoms with Gasteiger partial charge in [0, 0.05) is 30.3 Å². The Morgan fingerprint density at radius 3 is 2.41 bits per heavy atom. The number of halogens is 2. The maximum absolute atomic E-state index is 12.2. The number of hydrogen-bond donors (Lipinski definition) is 1. The lowest BCUT2D eigenvalue weighted by Crippen LogP contribution is -2.24. The van der Waals surface area contributed by atoms with Crippen molar-refractivity contribution in [1.82, 2.24) is 14.7 Å². The van der Waals surface area contributed by atoms with Crippen LogP contribution >= 0.6 is 23.2 Å². The minimum Gasteiger partial charge on any atom is -0.347 e. The first-order valence-corrected chi connectivity index (χ1v) is 8.47. The third-order valence-corrected chi connectivity index (χ3v) is 4.51. The quantitative estimate of drug-likeness (QED) is 0.885. The molecule has 22 heavy (non-hydrogen) atoms. The van der Waals surface area contributed by atoms with E-state index in [9.17, 15) is 8.42 Å². The molecule has 0 aliphatic rings. The van der Waals surface area contributed by atoms with Crippen LogP contribution < -0.4 is 9.62 Å². The molecule has 0 unspecified atom stereocenters. The minimum atomic E-state index is -3.73. The Labute approximate surface area is 139 Å². The molecule has 1 aromatic heterocycles. The SMILES string of the molecule is CN(C)c1nccc(CNS(=O)(=O)c2cc(Cl)cc(Cl)c2)n1. The Bertz CT molecular complexity index is 761. The first-order chi connectivity index (χ1) is 10.3. The summed E-state index contributed by atoms with van der Waals surface area (Å²) >= 11 is 11.7. The van der Waals surface area contributed by atoms with E-state index in [1.54, 1.807) is 31.3 Å². The zero-order valence-corrected chi connectivity index (χ0v) is 14.2. The first kappa shape index (κ1) is 17.0. The zero-order valence-electron chi connectivity index (χ0n) is 11.9. The van der Waals surface area contributed by atoms with Crippen LogP contribution in [-0.4, -0.2) is 32.5 Å². The largest absolute Gasteiger partial charge is 0.347 e. The van der Waals surface area contributed by atoms with Crippen LogP contribution in [0, 0.1) is 0 Å². The van der Waals surface area contributed by atoms with Crippen molar-refractivity contribution < 1.29 is 8.42 Å². The average molecular weight is 361 g/mol. The summed E-state index contributed by atoms with van der Waals surface area (Å²) in [5, 5.41) is 0.509. The summed E-state index contributed by atoms with van der Waals surface area (Å²) in [7, 11) is -0.124. The number of sulfonamides is 1. The molecule has 0 saturated heterocycles. The lowest BCUT2D eigenvalue weighted by molar-refractivity contribution is 0.580. The number of nitrogens with one attached hydrogen (secondary N) is 1. The molecule has 1 heterocycles. The second-order valence-corrected chi connectivity index (χ2v) is 7.31. The molecule has 0 spiro atoms. The third kappa shape index (κ3) is 4.30. The molecule has 0 aliphatic carbocycles. The highest BCUT2D eigenvalue weighted by Crippen LogP contribution is 2.22. The molecule has 0 atom stereocenters. The number of nitrogens with zero attached hydrogens (tertiary/aromatic N) is 3. The Balaban J connectivity index is 2.17. The van der Waals surface area contributed by atoms with E-state index in [-0.39, 0.29) is 21.5 Å². The van der Waals surface area contributed by atoms with Crippen LogP contribution in [0.1, 0.15) is 5.69 Å². The van der Waals surface area contributed by atoms with E-state index >= 15 is 0 Å². The molecule has 6 nitrogen and oxygen atoms in total. The minimum absolute atomic E-state index is 0.00638. The summed E-state index contributed by atoms with van der Waals surface area (Å²) in [5.74, 6) is 0.502. The molecular formula is C13H14Cl2N4O2S. The third-order valence-electron chi connectivity index (χ3n) is 2.69. The van der Waals surface area contributed by atoms with Crippen LogP contribution in [0.2, 0.25) is 10.0 Å². The van der Waals surface area contributed by atoms with Crippen LogP contribution in [-0.2, 0) is 16.6 Å². The van der Waals surface area contributed by atoms with Crippen LogP contribution in [0.4, 0.5) is 5.95 Å². The van der Waals surface area contributed by atoms with Gasteiger partial charge in [-0.15, -0.1) is 0 Å². The summed E-state index contributed by atoms with van der Waals surface area (Å²) in [6.07, 6.45) is 1.57. The second-order valence-electron chi connectivity index (χ2n) is 4.67. The predicted octanol–water partition coefficient (Wildman–Crippen LogP) is 2.33. The van der Waals surface area contributed by atoms with Gasteiger partial charge < -0.3 is 4.90 Å². The van der Waals surface area contributed by atoms with Crippen molar-refractivity contribution in [3.8, 4) is 0 Å². The van der Waals surface area contributed by atoms with Crippen molar-refractivity contribution in [2.75, 3.05) is 19.0 Å². The van der Waals surface area contributed by atoms with Gasteiger partial charge in [-0.05, 0) is 24.3 Å². The zero-order chi connectivity index (χ0) is 16.3. The fraction of sp³-hybridized carbons (Fsp3) is 0.231. The van der Waals surface area contributed by atoms with E-state index in [1.807, 2.05) is 0 Å². The van der Waals surface area contributed by atoms with Gasteiger partial charge in [0.2, 0.25) is 16.0 Å². The van der Waals surface area contributed by atoms with Gasteiger partial charge in [-0.2, -0.15) is 0 Å². The van der Waals surface area contributed by atoms with Crippen LogP contribution in [0.5, 0.6) is 0 Å². The predicted molar refractivity (Wildman–Crippen MR) is 86.8 cm³/mol. The summed E-state index contributed by atoms with van der Waals surface area (Å²) < 4.78 is 27.0. The fourth-order valence-electron chi connectivity index (χ4n) is 1.63. The standard InChI is InChI=1S/C13H14Cl2N4O2S/c1-19(2)13-16-4-3-11(18-13)8-17-22(20,21)12-6-9(14)5-10(15)7-12/h3-7,17H,8H2,1-2H3. The molecule has 0 amide bonds. The average Bonchev–Trinajstić information content (AvgIpc) is 2.44. The molecule has 0 radical (unpaired) electrons. The molecule has 1 N–H and O–H groups in total. The van der Waals surface area contributed by atoms with Gasteiger partial charge >= 0.3 is 0 Å². The Hall–Kier alpha value is -1.41. The number of benzene rings is 1. The molecule has 2 aromatic rings. The van der Waals surface area contributed by atoms with Crippen molar-refractivity contribution in [2.24, 2.45) is 0 Å². The van der Waals surface area contributed by atoms with Gasteiger partial charge in [0.1, 0.15) is 0 Å². The van der Waals surface area contributed by atoms with E-state index in [1.165, 1.54) is 18.2 Å². The van der Waals surface area contributed by atoms with Crippen molar-refractivity contribution in [2.45, 2.75) is 11.4 Å². The smallest absolute Gasteiger partial charge is 0.241 e. The molecule has 2 rings (SSSR count). The van der Waals surface area contributed by atoms with Gasteiger partial charge in [0.25, 0.3) is 0 Å². The number of anilines is 1.